The third-order valence-corrected chi connectivity index (χ3v) is 4.21. The van der Waals surface area contributed by atoms with Crippen molar-refractivity contribution in [1.29, 1.82) is 0 Å². The normalized spacial score (nSPS) is 27.2. The Bertz CT molecular complexity index is 310. The molecule has 0 amide bonds. The van der Waals surface area contributed by atoms with E-state index in [0.29, 0.717) is 19.7 Å². The standard InChI is InChI=1S/C10H22N2O3S/c1-12(5-7-16(2,13)14)10(8-11)4-3-6-15-9-10/h3-9,11H2,1-2H3. The average molecular weight is 250 g/mol. The van der Waals surface area contributed by atoms with Gasteiger partial charge in [-0.05, 0) is 19.9 Å². The first kappa shape index (κ1) is 13.9. The van der Waals surface area contributed by atoms with Crippen LogP contribution in [0.4, 0.5) is 0 Å². The van der Waals surface area contributed by atoms with E-state index >= 15 is 0 Å². The van der Waals surface area contributed by atoms with Crippen molar-refractivity contribution in [3.05, 3.63) is 0 Å². The molecule has 1 unspecified atom stereocenters. The summed E-state index contributed by atoms with van der Waals surface area (Å²) in [6.45, 7) is 2.40. The second kappa shape index (κ2) is 5.44. The summed E-state index contributed by atoms with van der Waals surface area (Å²) in [4.78, 5) is 2.03. The smallest absolute Gasteiger partial charge is 0.148 e. The zero-order valence-corrected chi connectivity index (χ0v) is 10.9. The second-order valence-corrected chi connectivity index (χ2v) is 6.90. The Morgan fingerprint density at radius 2 is 2.19 bits per heavy atom. The molecule has 5 nitrogen and oxygen atoms in total. The first-order valence-corrected chi connectivity index (χ1v) is 7.62. The number of rotatable bonds is 5. The van der Waals surface area contributed by atoms with Crippen molar-refractivity contribution in [1.82, 2.24) is 4.90 Å². The SMILES string of the molecule is CN(CCS(C)(=O)=O)C1(CN)CCCOC1. The van der Waals surface area contributed by atoms with E-state index in [0.717, 1.165) is 19.4 Å². The maximum absolute atomic E-state index is 11.1. The van der Waals surface area contributed by atoms with E-state index in [2.05, 4.69) is 0 Å². The Kier molecular flexibility index (Phi) is 4.73. The van der Waals surface area contributed by atoms with Gasteiger partial charge in [0.15, 0.2) is 0 Å². The van der Waals surface area contributed by atoms with Crippen LogP contribution in [0.5, 0.6) is 0 Å². The Hall–Kier alpha value is -0.170. The molecule has 0 aromatic rings. The van der Waals surface area contributed by atoms with Crippen LogP contribution in [0.3, 0.4) is 0 Å². The molecule has 1 fully saturated rings. The molecule has 1 rings (SSSR count). The number of nitrogens with two attached hydrogens (primary N) is 1. The van der Waals surface area contributed by atoms with E-state index in [1.54, 1.807) is 0 Å². The van der Waals surface area contributed by atoms with Crippen LogP contribution in [0.25, 0.3) is 0 Å². The number of sulfone groups is 1. The molecule has 0 aromatic carbocycles. The summed E-state index contributed by atoms with van der Waals surface area (Å²) in [6.07, 6.45) is 3.22. The Labute approximate surface area is 97.9 Å². The molecule has 0 bridgehead atoms. The molecule has 1 saturated heterocycles. The fourth-order valence-electron chi connectivity index (χ4n) is 2.00. The van der Waals surface area contributed by atoms with Gasteiger partial charge in [-0.3, -0.25) is 4.90 Å². The van der Waals surface area contributed by atoms with E-state index in [1.807, 2.05) is 11.9 Å². The fraction of sp³-hybridized carbons (Fsp3) is 1.00. The zero-order chi connectivity index (χ0) is 12.2. The summed E-state index contributed by atoms with van der Waals surface area (Å²) < 4.78 is 27.7. The molecular weight excluding hydrogens is 228 g/mol. The minimum absolute atomic E-state index is 0.172. The van der Waals surface area contributed by atoms with E-state index in [1.165, 1.54) is 6.26 Å². The van der Waals surface area contributed by atoms with Crippen LogP contribution in [0, 0.1) is 0 Å². The molecule has 0 saturated carbocycles. The van der Waals surface area contributed by atoms with E-state index in [9.17, 15) is 8.42 Å². The van der Waals surface area contributed by atoms with Gasteiger partial charge in [-0.25, -0.2) is 8.42 Å². The van der Waals surface area contributed by atoms with Crippen LogP contribution in [-0.2, 0) is 14.6 Å². The number of hydrogen-bond acceptors (Lipinski definition) is 5. The van der Waals surface area contributed by atoms with Crippen molar-refractivity contribution >= 4 is 9.84 Å². The molecule has 0 aromatic heterocycles. The molecule has 1 aliphatic heterocycles. The average Bonchev–Trinajstić information content (AvgIpc) is 2.25. The lowest BCUT2D eigenvalue weighted by molar-refractivity contribution is -0.0318. The Morgan fingerprint density at radius 3 is 2.62 bits per heavy atom. The summed E-state index contributed by atoms with van der Waals surface area (Å²) in [5.74, 6) is 0.172. The minimum Gasteiger partial charge on any atom is -0.379 e. The van der Waals surface area contributed by atoms with E-state index < -0.39 is 9.84 Å². The van der Waals surface area contributed by atoms with Crippen molar-refractivity contribution in [2.24, 2.45) is 5.73 Å². The lowest BCUT2D eigenvalue weighted by atomic mass is 9.91. The first-order valence-electron chi connectivity index (χ1n) is 5.56. The van der Waals surface area contributed by atoms with Crippen LogP contribution < -0.4 is 5.73 Å². The van der Waals surface area contributed by atoms with Crippen LogP contribution in [0.2, 0.25) is 0 Å². The van der Waals surface area contributed by atoms with Gasteiger partial charge in [0.1, 0.15) is 9.84 Å². The highest BCUT2D eigenvalue weighted by molar-refractivity contribution is 7.90. The van der Waals surface area contributed by atoms with Crippen LogP contribution in [0.15, 0.2) is 0 Å². The van der Waals surface area contributed by atoms with Crippen molar-refractivity contribution < 1.29 is 13.2 Å². The first-order chi connectivity index (χ1) is 7.40. The largest absolute Gasteiger partial charge is 0.379 e. The third-order valence-electron chi connectivity index (χ3n) is 3.29. The molecule has 0 radical (unpaired) electrons. The second-order valence-electron chi connectivity index (χ2n) is 4.64. The summed E-state index contributed by atoms with van der Waals surface area (Å²) in [5, 5.41) is 0. The van der Waals surface area contributed by atoms with Gasteiger partial charge in [0.25, 0.3) is 0 Å². The number of nitrogens with zero attached hydrogens (tertiary/aromatic N) is 1. The van der Waals surface area contributed by atoms with Crippen LogP contribution in [0.1, 0.15) is 12.8 Å². The topological polar surface area (TPSA) is 72.6 Å². The molecule has 6 heteroatoms. The van der Waals surface area contributed by atoms with Gasteiger partial charge in [0.2, 0.25) is 0 Å². The molecule has 0 spiro atoms. The third kappa shape index (κ3) is 3.69. The lowest BCUT2D eigenvalue weighted by Crippen LogP contribution is -2.58. The van der Waals surface area contributed by atoms with Gasteiger partial charge in [-0.1, -0.05) is 0 Å². The summed E-state index contributed by atoms with van der Waals surface area (Å²) >= 11 is 0. The lowest BCUT2D eigenvalue weighted by Gasteiger charge is -2.43. The quantitative estimate of drug-likeness (QED) is 0.710. The number of ether oxygens (including phenoxy) is 1. The Morgan fingerprint density at radius 1 is 1.50 bits per heavy atom. The molecular formula is C10H22N2O3S. The molecule has 16 heavy (non-hydrogen) atoms. The van der Waals surface area contributed by atoms with Crippen molar-refractivity contribution in [3.8, 4) is 0 Å². The molecule has 1 atom stereocenters. The molecule has 96 valence electrons. The highest BCUT2D eigenvalue weighted by atomic mass is 32.2. The summed E-state index contributed by atoms with van der Waals surface area (Å²) in [6, 6.07) is 0. The van der Waals surface area contributed by atoms with Gasteiger partial charge in [0, 0.05) is 26.0 Å². The minimum atomic E-state index is -2.92. The molecule has 0 aliphatic carbocycles. The van der Waals surface area contributed by atoms with E-state index in [-0.39, 0.29) is 11.3 Å². The monoisotopic (exact) mass is 250 g/mol. The molecule has 1 aliphatic rings. The highest BCUT2D eigenvalue weighted by Gasteiger charge is 2.35. The maximum atomic E-state index is 11.1. The number of hydrogen-bond donors (Lipinski definition) is 1. The predicted molar refractivity (Wildman–Crippen MR) is 64.2 cm³/mol. The van der Waals surface area contributed by atoms with Gasteiger partial charge in [-0.2, -0.15) is 0 Å². The molecule has 2 N–H and O–H groups in total. The van der Waals surface area contributed by atoms with Crippen LogP contribution in [-0.4, -0.2) is 64.2 Å². The van der Waals surface area contributed by atoms with Gasteiger partial charge in [-0.15, -0.1) is 0 Å². The molecule has 1 heterocycles. The van der Waals surface area contributed by atoms with Crippen molar-refractivity contribution in [2.45, 2.75) is 18.4 Å². The van der Waals surface area contributed by atoms with Crippen molar-refractivity contribution in [3.63, 3.8) is 0 Å². The zero-order valence-electron chi connectivity index (χ0n) is 10.1. The Balaban J connectivity index is 2.58. The fourth-order valence-corrected chi connectivity index (χ4v) is 2.60. The maximum Gasteiger partial charge on any atom is 0.148 e. The number of likely N-dealkylation sites (N-methyl/N-ethyl adjacent to an activating group) is 1. The van der Waals surface area contributed by atoms with Gasteiger partial charge >= 0.3 is 0 Å². The summed E-state index contributed by atoms with van der Waals surface area (Å²) in [7, 11) is -0.993. The van der Waals surface area contributed by atoms with Crippen molar-refractivity contribution in [2.75, 3.05) is 45.4 Å². The predicted octanol–water partition coefficient (Wildman–Crippen LogP) is -0.529. The van der Waals surface area contributed by atoms with Gasteiger partial charge in [0.05, 0.1) is 17.9 Å². The highest BCUT2D eigenvalue weighted by Crippen LogP contribution is 2.23. The van der Waals surface area contributed by atoms with Crippen LogP contribution >= 0.6 is 0 Å². The summed E-state index contributed by atoms with van der Waals surface area (Å²) in [5.41, 5.74) is 5.63. The van der Waals surface area contributed by atoms with E-state index in [4.69, 9.17) is 10.5 Å². The van der Waals surface area contributed by atoms with Gasteiger partial charge < -0.3 is 10.5 Å².